The van der Waals surface area contributed by atoms with Crippen LogP contribution in [0.4, 0.5) is 0 Å². The fourth-order valence-corrected chi connectivity index (χ4v) is 6.14. The van der Waals surface area contributed by atoms with Crippen LogP contribution in [0.25, 0.3) is 0 Å². The summed E-state index contributed by atoms with van der Waals surface area (Å²) < 4.78 is 0. The molecule has 1 fully saturated rings. The third-order valence-corrected chi connectivity index (χ3v) is 9.73. The molecule has 8 amide bonds. The van der Waals surface area contributed by atoms with Crippen molar-refractivity contribution in [2.75, 3.05) is 39.4 Å². The van der Waals surface area contributed by atoms with Crippen LogP contribution in [0.2, 0.25) is 0 Å². The number of carbonyl (C=O) groups is 10. The van der Waals surface area contributed by atoms with Crippen LogP contribution >= 0.6 is 0 Å². The third-order valence-electron chi connectivity index (χ3n) is 9.73. The van der Waals surface area contributed by atoms with E-state index in [1.165, 1.54) is 0 Å². The van der Waals surface area contributed by atoms with Crippen molar-refractivity contribution in [3.63, 3.8) is 0 Å². The van der Waals surface area contributed by atoms with Crippen molar-refractivity contribution in [2.24, 2.45) is 32.9 Å². The van der Waals surface area contributed by atoms with Gasteiger partial charge in [-0.3, -0.25) is 53.1 Å². The summed E-state index contributed by atoms with van der Waals surface area (Å²) in [6.45, 7) is -0.394. The highest BCUT2D eigenvalue weighted by Crippen LogP contribution is 2.08. The second-order valence-corrected chi connectivity index (χ2v) is 15.4. The fourth-order valence-electron chi connectivity index (χ4n) is 6.14. The third kappa shape index (κ3) is 22.0. The Morgan fingerprint density at radius 2 is 1.06 bits per heavy atom. The molecule has 0 bridgehead atoms. The van der Waals surface area contributed by atoms with Crippen LogP contribution in [-0.4, -0.2) is 202 Å². The molecule has 0 saturated carbocycles. The maximum atomic E-state index is 13.6. The van der Waals surface area contributed by atoms with Crippen molar-refractivity contribution in [2.45, 2.75) is 119 Å². The summed E-state index contributed by atoms with van der Waals surface area (Å²) in [5, 5.41) is 79.0. The van der Waals surface area contributed by atoms with Crippen LogP contribution in [0, 0.1) is 0 Å². The molecular weight excluding hydrogens is 910 g/mol. The quantitative estimate of drug-likeness (QED) is 0.0174. The van der Waals surface area contributed by atoms with Crippen LogP contribution in [0.5, 0.6) is 0 Å². The van der Waals surface area contributed by atoms with Crippen molar-refractivity contribution in [3.8, 4) is 0 Å². The number of nitrogens with zero attached hydrogens (tertiary/aromatic N) is 2. The summed E-state index contributed by atoms with van der Waals surface area (Å²) in [5.41, 5.74) is 21.4. The number of amides is 8. The van der Waals surface area contributed by atoms with E-state index in [9.17, 15) is 78.6 Å². The van der Waals surface area contributed by atoms with Gasteiger partial charge in [-0.25, -0.2) is 4.79 Å². The summed E-state index contributed by atoms with van der Waals surface area (Å²) in [6, 6.07) is -12.7. The zero-order valence-corrected chi connectivity index (χ0v) is 37.4. The largest absolute Gasteiger partial charge is 0.481 e. The monoisotopic (exact) mass is 975 g/mol. The van der Waals surface area contributed by atoms with Crippen LogP contribution < -0.4 is 70.8 Å². The summed E-state index contributed by atoms with van der Waals surface area (Å²) >= 11 is 0. The van der Waals surface area contributed by atoms with Gasteiger partial charge in [0.05, 0.1) is 44.4 Å². The normalized spacial score (nSPS) is 17.0. The molecule has 23 N–H and O–H groups in total. The van der Waals surface area contributed by atoms with E-state index in [4.69, 9.17) is 22.9 Å². The number of hydrogen-bond acceptors (Lipinski definition) is 17. The Kier molecular flexibility index (Phi) is 26.4. The van der Waals surface area contributed by atoms with Gasteiger partial charge in [-0.2, -0.15) is 0 Å². The van der Waals surface area contributed by atoms with E-state index in [0.29, 0.717) is 13.0 Å². The Labute approximate surface area is 388 Å². The first-order chi connectivity index (χ1) is 31.9. The highest BCUT2D eigenvalue weighted by molar-refractivity contribution is 5.98. The number of carbonyl (C=O) groups excluding carboxylic acids is 8. The molecule has 0 aliphatic carbocycles. The molecule has 0 spiro atoms. The molecule has 31 nitrogen and oxygen atoms in total. The molecule has 10 atom stereocenters. The zero-order chi connectivity index (χ0) is 51.7. The minimum atomic E-state index is -1.95. The van der Waals surface area contributed by atoms with E-state index >= 15 is 0 Å². The van der Waals surface area contributed by atoms with Crippen LogP contribution in [0.3, 0.4) is 0 Å². The Morgan fingerprint density at radius 1 is 0.603 bits per heavy atom. The number of hydrogen-bond donors (Lipinski definition) is 19. The van der Waals surface area contributed by atoms with Gasteiger partial charge in [0.15, 0.2) is 18.0 Å². The lowest BCUT2D eigenvalue weighted by Crippen LogP contribution is -2.61. The maximum Gasteiger partial charge on any atom is 0.328 e. The number of aliphatic hydroxyl groups is 4. The van der Waals surface area contributed by atoms with E-state index in [2.05, 4.69) is 41.9 Å². The Balaban J connectivity index is 3.17. The topological polar surface area (TPSA) is 529 Å². The summed E-state index contributed by atoms with van der Waals surface area (Å²) in [4.78, 5) is 136. The van der Waals surface area contributed by atoms with Gasteiger partial charge in [0.2, 0.25) is 47.3 Å². The second-order valence-electron chi connectivity index (χ2n) is 15.4. The minimum Gasteiger partial charge on any atom is -0.481 e. The molecule has 1 heterocycles. The van der Waals surface area contributed by atoms with Gasteiger partial charge in [0.25, 0.3) is 0 Å². The van der Waals surface area contributed by atoms with Crippen LogP contribution in [0.1, 0.15) is 58.8 Å². The number of carboxylic acids is 2. The summed E-state index contributed by atoms with van der Waals surface area (Å²) in [5.74, 6) is -12.4. The number of aliphatic imine (C=N–C) groups is 2. The SMILES string of the molecule is C[C@@H](O)[C@H](NC(=O)[C@H](CO)NC(=O)[C@H](CC(=O)O)NC(=O)CNC(=O)[C@H](CCCN=C(N)N)NC(=O)[C@@H](NC(=O)[C@H](CO)NC(=O)[C@H](CCCN=C(N)N)NC(=O)[C@@H]1CCCN1)[C@@H](C)O)C(=O)O. The molecule has 31 heteroatoms. The number of aliphatic hydroxyl groups excluding tert-OH is 4. The standard InChI is InChI=1S/C37H65N15O16/c1-16(55)26(51-32(64)22(14-53)49-30(62)20(8-5-11-44-37(40)41)47-29(61)18-6-3-9-42-18)34(66)48-19(7-4-10-43-36(38)39)28(60)45-13-24(57)46-21(12-25(58)59)31(63)50-23(15-54)33(65)52-27(17(2)56)35(67)68/h16-23,26-27,42,53-56H,3-15H2,1-2H3,(H,45,60)(H,46,57)(H,47,61)(H,48,66)(H,49,62)(H,50,63)(H,51,64)(H,52,65)(H,58,59)(H,67,68)(H4,38,39,43)(H4,40,41,44)/t16-,17-,18+,19+,20+,21+,22+,23+,26+,27+/m1/s1. The van der Waals surface area contributed by atoms with Crippen molar-refractivity contribution in [1.29, 1.82) is 0 Å². The number of carboxylic acid groups (broad SMARTS) is 2. The van der Waals surface area contributed by atoms with E-state index in [1.807, 2.05) is 16.0 Å². The van der Waals surface area contributed by atoms with Crippen molar-refractivity contribution in [3.05, 3.63) is 0 Å². The second kappa shape index (κ2) is 30.4. The predicted molar refractivity (Wildman–Crippen MR) is 235 cm³/mol. The van der Waals surface area contributed by atoms with E-state index < -0.39 is 146 Å². The molecule has 1 aliphatic rings. The van der Waals surface area contributed by atoms with Gasteiger partial charge in [0.1, 0.15) is 36.3 Å². The van der Waals surface area contributed by atoms with Gasteiger partial charge in [0, 0.05) is 13.1 Å². The van der Waals surface area contributed by atoms with Crippen molar-refractivity contribution >= 4 is 71.1 Å². The Morgan fingerprint density at radius 3 is 1.49 bits per heavy atom. The number of rotatable bonds is 31. The average Bonchev–Trinajstić information content (AvgIpc) is 3.81. The lowest BCUT2D eigenvalue weighted by Gasteiger charge is -2.27. The Hall–Kier alpha value is -6.96. The lowest BCUT2D eigenvalue weighted by atomic mass is 10.1. The van der Waals surface area contributed by atoms with Crippen molar-refractivity contribution in [1.82, 2.24) is 47.9 Å². The molecule has 0 aromatic heterocycles. The van der Waals surface area contributed by atoms with Gasteiger partial charge >= 0.3 is 11.9 Å². The first-order valence-electron chi connectivity index (χ1n) is 21.2. The molecule has 1 aliphatic heterocycles. The highest BCUT2D eigenvalue weighted by Gasteiger charge is 2.35. The van der Waals surface area contributed by atoms with E-state index in [1.54, 1.807) is 0 Å². The average molecular weight is 976 g/mol. The van der Waals surface area contributed by atoms with Gasteiger partial charge < -0.3 is 101 Å². The van der Waals surface area contributed by atoms with Gasteiger partial charge in [-0.15, -0.1) is 0 Å². The summed E-state index contributed by atoms with van der Waals surface area (Å²) in [7, 11) is 0. The molecule has 0 aromatic rings. The number of nitrogens with one attached hydrogen (secondary N) is 9. The molecule has 68 heavy (non-hydrogen) atoms. The molecule has 384 valence electrons. The molecule has 1 rings (SSSR count). The first kappa shape index (κ1) is 59.1. The predicted octanol–water partition coefficient (Wildman–Crippen LogP) is -10.3. The van der Waals surface area contributed by atoms with E-state index in [-0.39, 0.29) is 50.7 Å². The number of aliphatic carboxylic acids is 2. The van der Waals surface area contributed by atoms with Crippen LogP contribution in [0.15, 0.2) is 9.98 Å². The van der Waals surface area contributed by atoms with Crippen molar-refractivity contribution < 1.29 is 78.6 Å². The molecule has 1 saturated heterocycles. The molecule has 0 aromatic carbocycles. The van der Waals surface area contributed by atoms with E-state index in [0.717, 1.165) is 20.3 Å². The maximum absolute atomic E-state index is 13.6. The molecular formula is C37H65N15O16. The van der Waals surface area contributed by atoms with Crippen LogP contribution in [-0.2, 0) is 47.9 Å². The number of nitrogens with two attached hydrogens (primary N) is 4. The van der Waals surface area contributed by atoms with Gasteiger partial charge in [-0.1, -0.05) is 0 Å². The Bertz CT molecular complexity index is 1820. The van der Waals surface area contributed by atoms with Gasteiger partial charge in [-0.05, 0) is 58.9 Å². The smallest absolute Gasteiger partial charge is 0.328 e. The first-order valence-corrected chi connectivity index (χ1v) is 21.2. The lowest BCUT2D eigenvalue weighted by molar-refractivity contribution is -0.146. The summed E-state index contributed by atoms with van der Waals surface area (Å²) in [6.07, 6.45) is -3.18. The fraction of sp³-hybridized carbons (Fsp3) is 0.676. The number of guanidine groups is 2. The highest BCUT2D eigenvalue weighted by atomic mass is 16.4. The minimum absolute atomic E-state index is 0.00134. The molecule has 0 radical (unpaired) electrons. The molecule has 0 unspecified atom stereocenters. The zero-order valence-electron chi connectivity index (χ0n) is 37.4.